The predicted molar refractivity (Wildman–Crippen MR) is 123 cm³/mol. The van der Waals surface area contributed by atoms with Gasteiger partial charge in [-0.15, -0.1) is 11.8 Å². The number of ether oxygens (including phenoxy) is 1. The van der Waals surface area contributed by atoms with Crippen molar-refractivity contribution in [2.24, 2.45) is 5.92 Å². The molecule has 0 aliphatic rings. The van der Waals surface area contributed by atoms with E-state index in [0.29, 0.717) is 23.8 Å². The molecule has 2 aromatic carbocycles. The lowest BCUT2D eigenvalue weighted by atomic mass is 10.1. The molecule has 5 nitrogen and oxygen atoms in total. The van der Waals surface area contributed by atoms with Gasteiger partial charge in [0.2, 0.25) is 11.8 Å². The maximum absolute atomic E-state index is 14.2. The normalized spacial score (nSPS) is 11.8. The van der Waals surface area contributed by atoms with Crippen LogP contribution in [0, 0.1) is 11.7 Å². The minimum atomic E-state index is -0.701. The van der Waals surface area contributed by atoms with E-state index >= 15 is 0 Å². The Hall–Kier alpha value is -2.54. The van der Waals surface area contributed by atoms with E-state index in [2.05, 4.69) is 5.32 Å². The Balaban J connectivity index is 2.05. The first-order chi connectivity index (χ1) is 14.8. The van der Waals surface area contributed by atoms with Crippen LogP contribution in [0.25, 0.3) is 0 Å². The Morgan fingerprint density at radius 1 is 1.10 bits per heavy atom. The van der Waals surface area contributed by atoms with Gasteiger partial charge in [0, 0.05) is 24.4 Å². The van der Waals surface area contributed by atoms with Crippen molar-refractivity contribution in [1.82, 2.24) is 10.2 Å². The quantitative estimate of drug-likeness (QED) is 0.560. The minimum absolute atomic E-state index is 0.0465. The number of halogens is 1. The number of amides is 2. The van der Waals surface area contributed by atoms with Crippen LogP contribution in [0.3, 0.4) is 0 Å². The number of carbonyl (C=O) groups excluding carboxylic acids is 2. The molecule has 7 heteroatoms. The predicted octanol–water partition coefficient (Wildman–Crippen LogP) is 4.26. The second-order valence-electron chi connectivity index (χ2n) is 7.77. The number of carbonyl (C=O) groups is 2. The Bertz CT molecular complexity index is 858. The zero-order valence-electron chi connectivity index (χ0n) is 18.6. The molecule has 0 saturated heterocycles. The number of nitrogens with zero attached hydrogens (tertiary/aromatic N) is 1. The summed E-state index contributed by atoms with van der Waals surface area (Å²) in [6, 6.07) is 13.3. The van der Waals surface area contributed by atoms with Gasteiger partial charge in [0.1, 0.15) is 17.6 Å². The summed E-state index contributed by atoms with van der Waals surface area (Å²) in [4.78, 5) is 27.1. The fraction of sp³-hybridized carbons (Fsp3) is 0.417. The summed E-state index contributed by atoms with van der Waals surface area (Å²) in [5.74, 6) is 1.10. The highest BCUT2D eigenvalue weighted by Gasteiger charge is 2.26. The standard InChI is InChI=1S/C24H31FN2O3S/c1-17(2)13-26-24(29)18(3)27(14-20-7-5-6-8-22(20)25)23(28)16-31-15-19-9-11-21(30-4)12-10-19/h5-12,17-18H,13-16H2,1-4H3,(H,26,29). The van der Waals surface area contributed by atoms with Crippen LogP contribution in [-0.4, -0.2) is 42.2 Å². The smallest absolute Gasteiger partial charge is 0.242 e. The van der Waals surface area contributed by atoms with Gasteiger partial charge in [0.25, 0.3) is 0 Å². The minimum Gasteiger partial charge on any atom is -0.497 e. The van der Waals surface area contributed by atoms with Gasteiger partial charge in [-0.2, -0.15) is 0 Å². The summed E-state index contributed by atoms with van der Waals surface area (Å²) in [6.45, 7) is 6.26. The van der Waals surface area contributed by atoms with Gasteiger partial charge in [-0.25, -0.2) is 4.39 Å². The molecule has 1 unspecified atom stereocenters. The van der Waals surface area contributed by atoms with E-state index < -0.39 is 6.04 Å². The van der Waals surface area contributed by atoms with Crippen molar-refractivity contribution in [3.05, 3.63) is 65.5 Å². The van der Waals surface area contributed by atoms with E-state index in [-0.39, 0.29) is 29.9 Å². The number of benzene rings is 2. The monoisotopic (exact) mass is 446 g/mol. The highest BCUT2D eigenvalue weighted by atomic mass is 32.2. The van der Waals surface area contributed by atoms with Crippen molar-refractivity contribution >= 4 is 23.6 Å². The molecule has 2 rings (SSSR count). The molecule has 0 saturated carbocycles. The van der Waals surface area contributed by atoms with Gasteiger partial charge in [0.05, 0.1) is 12.9 Å². The molecular weight excluding hydrogens is 415 g/mol. The molecule has 0 radical (unpaired) electrons. The summed E-state index contributed by atoms with van der Waals surface area (Å²) in [5, 5.41) is 2.87. The molecule has 0 heterocycles. The molecule has 0 fully saturated rings. The van der Waals surface area contributed by atoms with Crippen molar-refractivity contribution in [2.75, 3.05) is 19.4 Å². The van der Waals surface area contributed by atoms with E-state index in [4.69, 9.17) is 4.74 Å². The lowest BCUT2D eigenvalue weighted by Gasteiger charge is -2.29. The Labute approximate surface area is 188 Å². The Kier molecular flexibility index (Phi) is 9.85. The van der Waals surface area contributed by atoms with Crippen LogP contribution >= 0.6 is 11.8 Å². The molecule has 2 amide bonds. The molecule has 168 valence electrons. The number of hydrogen-bond acceptors (Lipinski definition) is 4. The number of methoxy groups -OCH3 is 1. The van der Waals surface area contributed by atoms with Crippen LogP contribution in [0.1, 0.15) is 31.9 Å². The Morgan fingerprint density at radius 2 is 1.77 bits per heavy atom. The maximum atomic E-state index is 14.2. The van der Waals surface area contributed by atoms with Gasteiger partial charge in [-0.05, 0) is 36.6 Å². The number of thioether (sulfide) groups is 1. The average molecular weight is 447 g/mol. The maximum Gasteiger partial charge on any atom is 0.242 e. The molecular formula is C24H31FN2O3S. The number of hydrogen-bond donors (Lipinski definition) is 1. The van der Waals surface area contributed by atoms with Crippen molar-refractivity contribution in [3.63, 3.8) is 0 Å². The lowest BCUT2D eigenvalue weighted by molar-refractivity contribution is -0.138. The van der Waals surface area contributed by atoms with Crippen molar-refractivity contribution in [1.29, 1.82) is 0 Å². The van der Waals surface area contributed by atoms with E-state index in [1.807, 2.05) is 38.1 Å². The zero-order chi connectivity index (χ0) is 22.8. The third-order valence-electron chi connectivity index (χ3n) is 4.80. The molecule has 1 N–H and O–H groups in total. The van der Waals surface area contributed by atoms with Gasteiger partial charge < -0.3 is 15.0 Å². The molecule has 1 atom stereocenters. The summed E-state index contributed by atoms with van der Waals surface area (Å²) >= 11 is 1.46. The second kappa shape index (κ2) is 12.3. The topological polar surface area (TPSA) is 58.6 Å². The first-order valence-corrected chi connectivity index (χ1v) is 11.5. The van der Waals surface area contributed by atoms with E-state index in [0.717, 1.165) is 11.3 Å². The van der Waals surface area contributed by atoms with Gasteiger partial charge in [-0.3, -0.25) is 9.59 Å². The van der Waals surface area contributed by atoms with Crippen LogP contribution in [0.2, 0.25) is 0 Å². The van der Waals surface area contributed by atoms with Crippen molar-refractivity contribution < 1.29 is 18.7 Å². The summed E-state index contributed by atoms with van der Waals surface area (Å²) < 4.78 is 19.4. The average Bonchev–Trinajstić information content (AvgIpc) is 2.76. The fourth-order valence-electron chi connectivity index (χ4n) is 2.91. The van der Waals surface area contributed by atoms with Crippen LogP contribution in [-0.2, 0) is 21.9 Å². The number of nitrogens with one attached hydrogen (secondary N) is 1. The third-order valence-corrected chi connectivity index (χ3v) is 5.79. The first-order valence-electron chi connectivity index (χ1n) is 10.3. The molecule has 0 spiro atoms. The van der Waals surface area contributed by atoms with Crippen LogP contribution in [0.5, 0.6) is 5.75 Å². The van der Waals surface area contributed by atoms with E-state index in [1.54, 1.807) is 32.2 Å². The molecule has 0 bridgehead atoms. The van der Waals surface area contributed by atoms with Crippen molar-refractivity contribution in [3.8, 4) is 5.75 Å². The van der Waals surface area contributed by atoms with E-state index in [9.17, 15) is 14.0 Å². The second-order valence-corrected chi connectivity index (χ2v) is 8.75. The molecule has 2 aromatic rings. The van der Waals surface area contributed by atoms with Crippen molar-refractivity contribution in [2.45, 2.75) is 39.1 Å². The van der Waals surface area contributed by atoms with Crippen LogP contribution in [0.15, 0.2) is 48.5 Å². The van der Waals surface area contributed by atoms with Gasteiger partial charge in [0.15, 0.2) is 0 Å². The van der Waals surface area contributed by atoms with Crippen LogP contribution < -0.4 is 10.1 Å². The lowest BCUT2D eigenvalue weighted by Crippen LogP contribution is -2.48. The van der Waals surface area contributed by atoms with Crippen LogP contribution in [0.4, 0.5) is 4.39 Å². The van der Waals surface area contributed by atoms with Gasteiger partial charge in [-0.1, -0.05) is 44.2 Å². The third kappa shape index (κ3) is 7.90. The summed E-state index contributed by atoms with van der Waals surface area (Å²) in [5.41, 5.74) is 1.46. The first kappa shape index (κ1) is 24.7. The highest BCUT2D eigenvalue weighted by Crippen LogP contribution is 2.19. The zero-order valence-corrected chi connectivity index (χ0v) is 19.4. The van der Waals surface area contributed by atoms with E-state index in [1.165, 1.54) is 22.7 Å². The SMILES string of the molecule is COc1ccc(CSCC(=O)N(Cc2ccccc2F)C(C)C(=O)NCC(C)C)cc1. The summed E-state index contributed by atoms with van der Waals surface area (Å²) in [7, 11) is 1.62. The summed E-state index contributed by atoms with van der Waals surface area (Å²) in [6.07, 6.45) is 0. The molecule has 0 aliphatic carbocycles. The van der Waals surface area contributed by atoms with Gasteiger partial charge >= 0.3 is 0 Å². The molecule has 0 aliphatic heterocycles. The largest absolute Gasteiger partial charge is 0.497 e. The molecule has 0 aromatic heterocycles. The highest BCUT2D eigenvalue weighted by molar-refractivity contribution is 7.99. The molecule has 31 heavy (non-hydrogen) atoms. The Morgan fingerprint density at radius 3 is 2.39 bits per heavy atom. The fourth-order valence-corrected chi connectivity index (χ4v) is 3.78. The number of rotatable bonds is 11.